The zero-order valence-electron chi connectivity index (χ0n) is 13.4. The highest BCUT2D eigenvalue weighted by atomic mass is 19.1. The molecule has 23 heavy (non-hydrogen) atoms. The zero-order valence-corrected chi connectivity index (χ0v) is 13.4. The molecular formula is C18H21FN2O2. The molecule has 1 aromatic carbocycles. The van der Waals surface area contributed by atoms with Gasteiger partial charge in [-0.25, -0.2) is 4.39 Å². The summed E-state index contributed by atoms with van der Waals surface area (Å²) in [6.07, 6.45) is 1.96. The fourth-order valence-corrected chi connectivity index (χ4v) is 3.39. The van der Waals surface area contributed by atoms with Gasteiger partial charge in [0.2, 0.25) is 0 Å². The Hall–Kier alpha value is -2.01. The lowest BCUT2D eigenvalue weighted by molar-refractivity contribution is 0.0357. The molecule has 1 aliphatic heterocycles. The molecule has 2 heterocycles. The van der Waals surface area contributed by atoms with Crippen LogP contribution in [0.25, 0.3) is 10.9 Å². The Balaban J connectivity index is 2.00. The lowest BCUT2D eigenvalue weighted by atomic mass is 9.90. The Bertz CT molecular complexity index is 747. The highest BCUT2D eigenvalue weighted by molar-refractivity contribution is 5.98. The smallest absolute Gasteiger partial charge is 0.256 e. The Morgan fingerprint density at radius 3 is 2.96 bits per heavy atom. The number of carbonyl (C=O) groups is 1. The van der Waals surface area contributed by atoms with Gasteiger partial charge in [0.1, 0.15) is 5.82 Å². The number of amides is 1. The van der Waals surface area contributed by atoms with E-state index in [1.807, 2.05) is 0 Å². The molecule has 3 rings (SSSR count). The van der Waals surface area contributed by atoms with Crippen molar-refractivity contribution in [2.24, 2.45) is 5.92 Å². The van der Waals surface area contributed by atoms with Crippen molar-refractivity contribution in [1.82, 2.24) is 9.88 Å². The predicted molar refractivity (Wildman–Crippen MR) is 86.7 cm³/mol. The van der Waals surface area contributed by atoms with E-state index < -0.39 is 0 Å². The maximum Gasteiger partial charge on any atom is 0.256 e. The van der Waals surface area contributed by atoms with E-state index in [0.29, 0.717) is 23.3 Å². The van der Waals surface area contributed by atoms with Crippen LogP contribution in [0.15, 0.2) is 24.3 Å². The largest absolute Gasteiger partial charge is 0.394 e. The van der Waals surface area contributed by atoms with Gasteiger partial charge in [-0.2, -0.15) is 0 Å². The van der Waals surface area contributed by atoms with Gasteiger partial charge in [0, 0.05) is 18.0 Å². The summed E-state index contributed by atoms with van der Waals surface area (Å²) >= 11 is 0. The van der Waals surface area contributed by atoms with Crippen molar-refractivity contribution in [3.05, 3.63) is 41.3 Å². The van der Waals surface area contributed by atoms with Gasteiger partial charge in [-0.15, -0.1) is 0 Å². The number of aromatic nitrogens is 1. The zero-order chi connectivity index (χ0) is 16.6. The average molecular weight is 316 g/mol. The number of hydrogen-bond acceptors (Lipinski definition) is 3. The summed E-state index contributed by atoms with van der Waals surface area (Å²) in [6, 6.07) is 5.99. The molecule has 2 aromatic rings. The number of likely N-dealkylation sites (tertiary alicyclic amines) is 1. The topological polar surface area (TPSA) is 53.4 Å². The highest BCUT2D eigenvalue weighted by Gasteiger charge is 2.32. The molecule has 0 aliphatic carbocycles. The number of halogens is 1. The lowest BCUT2D eigenvalue weighted by Crippen LogP contribution is -2.49. The van der Waals surface area contributed by atoms with E-state index in [-0.39, 0.29) is 30.3 Å². The van der Waals surface area contributed by atoms with Crippen LogP contribution in [-0.4, -0.2) is 40.1 Å². The van der Waals surface area contributed by atoms with Crippen LogP contribution in [0.4, 0.5) is 4.39 Å². The Morgan fingerprint density at radius 1 is 1.43 bits per heavy atom. The summed E-state index contributed by atoms with van der Waals surface area (Å²) in [7, 11) is 0. The third-order valence-corrected chi connectivity index (χ3v) is 4.76. The number of hydrogen-bond donors (Lipinski definition) is 1. The van der Waals surface area contributed by atoms with Gasteiger partial charge in [0.15, 0.2) is 0 Å². The second-order valence-corrected chi connectivity index (χ2v) is 6.33. The van der Waals surface area contributed by atoms with E-state index in [0.717, 1.165) is 18.2 Å². The van der Waals surface area contributed by atoms with Gasteiger partial charge in [0.25, 0.3) is 5.91 Å². The van der Waals surface area contributed by atoms with Crippen LogP contribution >= 0.6 is 0 Å². The molecule has 1 N–H and O–H groups in total. The summed E-state index contributed by atoms with van der Waals surface area (Å²) in [4.78, 5) is 19.1. The molecule has 1 saturated heterocycles. The number of fused-ring (bicyclic) bond motifs is 1. The van der Waals surface area contributed by atoms with Crippen molar-refractivity contribution >= 4 is 16.8 Å². The van der Waals surface area contributed by atoms with E-state index in [1.165, 1.54) is 12.1 Å². The summed E-state index contributed by atoms with van der Waals surface area (Å²) < 4.78 is 13.3. The number of aliphatic hydroxyl groups is 1. The summed E-state index contributed by atoms with van der Waals surface area (Å²) in [5, 5.41) is 10.4. The van der Waals surface area contributed by atoms with Crippen molar-refractivity contribution in [2.75, 3.05) is 13.2 Å². The first-order valence-electron chi connectivity index (χ1n) is 8.00. The monoisotopic (exact) mass is 316 g/mol. The number of benzene rings is 1. The van der Waals surface area contributed by atoms with Crippen molar-refractivity contribution in [3.8, 4) is 0 Å². The Kier molecular flexibility index (Phi) is 4.31. The van der Waals surface area contributed by atoms with Crippen LogP contribution in [0.2, 0.25) is 0 Å². The van der Waals surface area contributed by atoms with Crippen molar-refractivity contribution < 1.29 is 14.3 Å². The molecule has 1 aromatic heterocycles. The first kappa shape index (κ1) is 15.9. The highest BCUT2D eigenvalue weighted by Crippen LogP contribution is 2.26. The fourth-order valence-electron chi connectivity index (χ4n) is 3.39. The normalized spacial score (nSPS) is 21.7. The number of aliphatic hydroxyl groups excluding tert-OH is 1. The van der Waals surface area contributed by atoms with Crippen molar-refractivity contribution in [1.29, 1.82) is 0 Å². The van der Waals surface area contributed by atoms with Gasteiger partial charge in [0.05, 0.1) is 29.4 Å². The molecule has 2 atom stereocenters. The number of rotatable bonds is 2. The molecule has 1 fully saturated rings. The van der Waals surface area contributed by atoms with Crippen LogP contribution in [-0.2, 0) is 0 Å². The van der Waals surface area contributed by atoms with Gasteiger partial charge in [-0.1, -0.05) is 6.92 Å². The van der Waals surface area contributed by atoms with Crippen LogP contribution in [0.5, 0.6) is 0 Å². The molecule has 1 aliphatic rings. The quantitative estimate of drug-likeness (QED) is 0.927. The third-order valence-electron chi connectivity index (χ3n) is 4.76. The minimum Gasteiger partial charge on any atom is -0.394 e. The second kappa shape index (κ2) is 6.24. The van der Waals surface area contributed by atoms with Crippen molar-refractivity contribution in [2.45, 2.75) is 32.7 Å². The molecule has 0 radical (unpaired) electrons. The number of piperidine rings is 1. The SMILES string of the molecule is Cc1nc2cc(F)ccc2cc1C(=O)N1CCCC(C)C1CO. The molecule has 0 bridgehead atoms. The second-order valence-electron chi connectivity index (χ2n) is 6.33. The van der Waals surface area contributed by atoms with E-state index >= 15 is 0 Å². The third kappa shape index (κ3) is 2.93. The van der Waals surface area contributed by atoms with E-state index in [2.05, 4.69) is 11.9 Å². The standard InChI is InChI=1S/C18H21FN2O2/c1-11-4-3-7-21(17(11)10-22)18(23)15-8-13-5-6-14(19)9-16(13)20-12(15)2/h5-6,8-9,11,17,22H,3-4,7,10H2,1-2H3. The van der Waals surface area contributed by atoms with Gasteiger partial charge in [-0.05, 0) is 43.9 Å². The first-order chi connectivity index (χ1) is 11.0. The minimum absolute atomic E-state index is 0.0296. The molecular weight excluding hydrogens is 295 g/mol. The van der Waals surface area contributed by atoms with Crippen LogP contribution < -0.4 is 0 Å². The van der Waals surface area contributed by atoms with E-state index in [4.69, 9.17) is 0 Å². The Labute approximate surface area is 134 Å². The number of pyridine rings is 1. The van der Waals surface area contributed by atoms with E-state index in [9.17, 15) is 14.3 Å². The van der Waals surface area contributed by atoms with Gasteiger partial charge < -0.3 is 10.0 Å². The number of nitrogens with zero attached hydrogens (tertiary/aromatic N) is 2. The average Bonchev–Trinajstić information content (AvgIpc) is 2.53. The van der Waals surface area contributed by atoms with Crippen LogP contribution in [0.1, 0.15) is 35.8 Å². The summed E-state index contributed by atoms with van der Waals surface area (Å²) in [5.74, 6) is -0.166. The fraction of sp³-hybridized carbons (Fsp3) is 0.444. The van der Waals surface area contributed by atoms with Crippen LogP contribution in [0.3, 0.4) is 0 Å². The molecule has 4 nitrogen and oxygen atoms in total. The maximum absolute atomic E-state index is 13.3. The number of carbonyl (C=O) groups excluding carboxylic acids is 1. The molecule has 122 valence electrons. The summed E-state index contributed by atoms with van der Waals surface area (Å²) in [6.45, 7) is 4.45. The Morgan fingerprint density at radius 2 is 2.22 bits per heavy atom. The minimum atomic E-state index is -0.339. The molecule has 0 saturated carbocycles. The van der Waals surface area contributed by atoms with Gasteiger partial charge >= 0.3 is 0 Å². The molecule has 5 heteroatoms. The predicted octanol–water partition coefficient (Wildman–Crippen LogP) is 2.92. The van der Waals surface area contributed by atoms with Gasteiger partial charge in [-0.3, -0.25) is 9.78 Å². The first-order valence-corrected chi connectivity index (χ1v) is 8.00. The summed E-state index contributed by atoms with van der Waals surface area (Å²) in [5.41, 5.74) is 1.66. The number of aryl methyl sites for hydroxylation is 1. The van der Waals surface area contributed by atoms with Crippen LogP contribution in [0, 0.1) is 18.7 Å². The molecule has 2 unspecified atom stereocenters. The molecule has 1 amide bonds. The lowest BCUT2D eigenvalue weighted by Gasteiger charge is -2.39. The van der Waals surface area contributed by atoms with E-state index in [1.54, 1.807) is 24.0 Å². The molecule has 0 spiro atoms. The maximum atomic E-state index is 13.3. The van der Waals surface area contributed by atoms with Crippen molar-refractivity contribution in [3.63, 3.8) is 0 Å².